The summed E-state index contributed by atoms with van der Waals surface area (Å²) in [6.07, 6.45) is -0.218. The Labute approximate surface area is 104 Å². The number of nitrogens with zero attached hydrogens (tertiary/aromatic N) is 4. The third kappa shape index (κ3) is 2.71. The Morgan fingerprint density at radius 1 is 1.33 bits per heavy atom. The van der Waals surface area contributed by atoms with Crippen molar-refractivity contribution < 1.29 is 9.90 Å². The van der Waals surface area contributed by atoms with Crippen molar-refractivity contribution in [2.24, 2.45) is 0 Å². The number of rotatable bonds is 4. The molecule has 6 heteroatoms. The zero-order valence-electron chi connectivity index (χ0n) is 10.2. The molecule has 0 amide bonds. The SMILES string of the molecule is CC(C)c1ccc(-n2nnc(CC(=O)O)n2)cc1. The Kier molecular flexibility index (Phi) is 3.36. The van der Waals surface area contributed by atoms with Gasteiger partial charge in [-0.2, -0.15) is 0 Å². The smallest absolute Gasteiger partial charge is 0.311 e. The molecule has 0 saturated heterocycles. The molecule has 1 aromatic heterocycles. The average Bonchev–Trinajstić information content (AvgIpc) is 2.76. The summed E-state index contributed by atoms with van der Waals surface area (Å²) in [5, 5.41) is 20.2. The summed E-state index contributed by atoms with van der Waals surface area (Å²) in [7, 11) is 0. The van der Waals surface area contributed by atoms with Gasteiger partial charge in [0.05, 0.1) is 5.69 Å². The quantitative estimate of drug-likeness (QED) is 0.882. The van der Waals surface area contributed by atoms with Crippen LogP contribution in [0.25, 0.3) is 5.69 Å². The molecule has 0 unspecified atom stereocenters. The van der Waals surface area contributed by atoms with E-state index < -0.39 is 5.97 Å². The van der Waals surface area contributed by atoms with E-state index in [-0.39, 0.29) is 12.2 Å². The topological polar surface area (TPSA) is 80.9 Å². The molecule has 0 atom stereocenters. The highest BCUT2D eigenvalue weighted by atomic mass is 16.4. The minimum absolute atomic E-state index is 0.204. The van der Waals surface area contributed by atoms with Gasteiger partial charge in [-0.15, -0.1) is 15.0 Å². The molecule has 1 N–H and O–H groups in total. The highest BCUT2D eigenvalue weighted by Crippen LogP contribution is 2.15. The first-order valence-electron chi connectivity index (χ1n) is 5.67. The van der Waals surface area contributed by atoms with Crippen molar-refractivity contribution in [2.45, 2.75) is 26.2 Å². The van der Waals surface area contributed by atoms with Gasteiger partial charge in [0.1, 0.15) is 6.42 Å². The zero-order valence-corrected chi connectivity index (χ0v) is 10.2. The molecule has 1 aromatic carbocycles. The number of carbonyl (C=O) groups is 1. The second kappa shape index (κ2) is 4.95. The van der Waals surface area contributed by atoms with Crippen molar-refractivity contribution in [2.75, 3.05) is 0 Å². The van der Waals surface area contributed by atoms with Crippen molar-refractivity contribution in [1.29, 1.82) is 0 Å². The van der Waals surface area contributed by atoms with Crippen LogP contribution in [0.3, 0.4) is 0 Å². The second-order valence-electron chi connectivity index (χ2n) is 4.31. The van der Waals surface area contributed by atoms with Gasteiger partial charge in [0.15, 0.2) is 5.82 Å². The lowest BCUT2D eigenvalue weighted by atomic mass is 10.0. The van der Waals surface area contributed by atoms with Crippen LogP contribution in [0.15, 0.2) is 24.3 Å². The van der Waals surface area contributed by atoms with Crippen LogP contribution in [0.5, 0.6) is 0 Å². The van der Waals surface area contributed by atoms with Crippen LogP contribution in [-0.4, -0.2) is 31.3 Å². The van der Waals surface area contributed by atoms with Crippen molar-refractivity contribution in [3.05, 3.63) is 35.7 Å². The van der Waals surface area contributed by atoms with Crippen molar-refractivity contribution in [3.8, 4) is 5.69 Å². The van der Waals surface area contributed by atoms with E-state index in [1.807, 2.05) is 24.3 Å². The van der Waals surface area contributed by atoms with E-state index in [2.05, 4.69) is 29.3 Å². The molecule has 0 aliphatic rings. The molecule has 6 nitrogen and oxygen atoms in total. The van der Waals surface area contributed by atoms with Crippen LogP contribution in [0.2, 0.25) is 0 Å². The van der Waals surface area contributed by atoms with Crippen molar-refractivity contribution in [1.82, 2.24) is 20.2 Å². The number of hydrogen-bond donors (Lipinski definition) is 1. The molecule has 0 bridgehead atoms. The fraction of sp³-hybridized carbons (Fsp3) is 0.333. The van der Waals surface area contributed by atoms with Crippen LogP contribution in [0.4, 0.5) is 0 Å². The lowest BCUT2D eigenvalue weighted by Crippen LogP contribution is -2.03. The first-order valence-corrected chi connectivity index (χ1v) is 5.67. The largest absolute Gasteiger partial charge is 0.481 e. The molecule has 0 spiro atoms. The monoisotopic (exact) mass is 246 g/mol. The van der Waals surface area contributed by atoms with Crippen LogP contribution >= 0.6 is 0 Å². The average molecular weight is 246 g/mol. The summed E-state index contributed by atoms with van der Waals surface area (Å²) >= 11 is 0. The predicted octanol–water partition coefficient (Wildman–Crippen LogP) is 1.41. The number of tetrazole rings is 1. The van der Waals surface area contributed by atoms with Crippen LogP contribution in [0, 0.1) is 0 Å². The van der Waals surface area contributed by atoms with E-state index in [9.17, 15) is 4.79 Å². The van der Waals surface area contributed by atoms with Gasteiger partial charge in [-0.25, -0.2) is 0 Å². The van der Waals surface area contributed by atoms with Crippen molar-refractivity contribution in [3.63, 3.8) is 0 Å². The maximum Gasteiger partial charge on any atom is 0.311 e. The molecular weight excluding hydrogens is 232 g/mol. The number of aliphatic carboxylic acids is 1. The lowest BCUT2D eigenvalue weighted by Gasteiger charge is -2.05. The Morgan fingerprint density at radius 3 is 2.56 bits per heavy atom. The molecule has 2 rings (SSSR count). The number of aromatic nitrogens is 4. The third-order valence-corrected chi connectivity index (χ3v) is 2.56. The standard InChI is InChI=1S/C12H14N4O2/c1-8(2)9-3-5-10(6-4-9)16-14-11(13-15-16)7-12(17)18/h3-6,8H,7H2,1-2H3,(H,17,18). The first kappa shape index (κ1) is 12.2. The second-order valence-corrected chi connectivity index (χ2v) is 4.31. The van der Waals surface area contributed by atoms with Crippen LogP contribution in [0.1, 0.15) is 31.2 Å². The van der Waals surface area contributed by atoms with E-state index in [0.29, 0.717) is 5.92 Å². The normalized spacial score (nSPS) is 10.8. The van der Waals surface area contributed by atoms with E-state index in [1.54, 1.807) is 0 Å². The van der Waals surface area contributed by atoms with Gasteiger partial charge in [-0.1, -0.05) is 26.0 Å². The van der Waals surface area contributed by atoms with Gasteiger partial charge in [0, 0.05) is 0 Å². The summed E-state index contributed by atoms with van der Waals surface area (Å²) in [5.41, 5.74) is 1.99. The minimum Gasteiger partial charge on any atom is -0.481 e. The number of carboxylic acid groups (broad SMARTS) is 1. The molecule has 0 fully saturated rings. The van der Waals surface area contributed by atoms with Gasteiger partial charge in [-0.3, -0.25) is 4.79 Å². The fourth-order valence-corrected chi connectivity index (χ4v) is 1.55. The Balaban J connectivity index is 2.20. The molecule has 0 aliphatic heterocycles. The molecule has 0 saturated carbocycles. The summed E-state index contributed by atoms with van der Waals surface area (Å²) in [6, 6.07) is 7.78. The molecule has 18 heavy (non-hydrogen) atoms. The van der Waals surface area contributed by atoms with Gasteiger partial charge >= 0.3 is 5.97 Å². The van der Waals surface area contributed by atoms with E-state index in [4.69, 9.17) is 5.11 Å². The third-order valence-electron chi connectivity index (χ3n) is 2.56. The minimum atomic E-state index is -0.968. The molecule has 0 aliphatic carbocycles. The number of carboxylic acids is 1. The fourth-order valence-electron chi connectivity index (χ4n) is 1.55. The van der Waals surface area contributed by atoms with Gasteiger partial charge < -0.3 is 5.11 Å². The molecular formula is C12H14N4O2. The lowest BCUT2D eigenvalue weighted by molar-refractivity contribution is -0.136. The van der Waals surface area contributed by atoms with E-state index in [0.717, 1.165) is 5.69 Å². The summed E-state index contributed by atoms with van der Waals surface area (Å²) in [5.74, 6) is -0.300. The van der Waals surface area contributed by atoms with Crippen LogP contribution < -0.4 is 0 Å². The predicted molar refractivity (Wildman–Crippen MR) is 64.6 cm³/mol. The Hall–Kier alpha value is -2.24. The Bertz CT molecular complexity index is 545. The maximum atomic E-state index is 10.5. The van der Waals surface area contributed by atoms with Gasteiger partial charge in [-0.05, 0) is 28.8 Å². The summed E-state index contributed by atoms with van der Waals surface area (Å²) < 4.78 is 0. The molecule has 0 radical (unpaired) electrons. The summed E-state index contributed by atoms with van der Waals surface area (Å²) in [4.78, 5) is 11.9. The Morgan fingerprint density at radius 2 is 2.00 bits per heavy atom. The molecule has 94 valence electrons. The van der Waals surface area contributed by atoms with E-state index in [1.165, 1.54) is 10.4 Å². The summed E-state index contributed by atoms with van der Waals surface area (Å²) in [6.45, 7) is 4.24. The highest BCUT2D eigenvalue weighted by molar-refractivity contribution is 5.68. The molecule has 1 heterocycles. The van der Waals surface area contributed by atoms with Gasteiger partial charge in [0.25, 0.3) is 0 Å². The van der Waals surface area contributed by atoms with Gasteiger partial charge in [0.2, 0.25) is 0 Å². The number of hydrogen-bond acceptors (Lipinski definition) is 4. The van der Waals surface area contributed by atoms with E-state index >= 15 is 0 Å². The van der Waals surface area contributed by atoms with Crippen molar-refractivity contribution >= 4 is 5.97 Å². The highest BCUT2D eigenvalue weighted by Gasteiger charge is 2.08. The van der Waals surface area contributed by atoms with Crippen LogP contribution in [-0.2, 0) is 11.2 Å². The molecule has 2 aromatic rings. The number of benzene rings is 1. The zero-order chi connectivity index (χ0) is 13.1. The maximum absolute atomic E-state index is 10.5. The first-order chi connectivity index (χ1) is 8.56.